The van der Waals surface area contributed by atoms with Gasteiger partial charge in [0.25, 0.3) is 0 Å². The van der Waals surface area contributed by atoms with E-state index in [1.807, 2.05) is 6.92 Å². The molecule has 0 spiro atoms. The zero-order valence-electron chi connectivity index (χ0n) is 14.5. The number of hydrogen-bond donors (Lipinski definition) is 0. The number of nitrogens with zero attached hydrogens (tertiary/aromatic N) is 2. The average molecular weight is 320 g/mol. The van der Waals surface area contributed by atoms with Crippen molar-refractivity contribution in [3.63, 3.8) is 0 Å². The summed E-state index contributed by atoms with van der Waals surface area (Å²) < 4.78 is 6.04. The van der Waals surface area contributed by atoms with E-state index in [-0.39, 0.29) is 0 Å². The van der Waals surface area contributed by atoms with Gasteiger partial charge in [-0.2, -0.15) is 0 Å². The van der Waals surface area contributed by atoms with Gasteiger partial charge in [0.15, 0.2) is 0 Å². The first-order chi connectivity index (χ1) is 11.7. The molecule has 0 N–H and O–H groups in total. The van der Waals surface area contributed by atoms with Crippen LogP contribution in [0.1, 0.15) is 31.2 Å². The minimum Gasteiger partial charge on any atom is -0.441 e. The lowest BCUT2D eigenvalue weighted by atomic mass is 10.0. The highest BCUT2D eigenvalue weighted by molar-refractivity contribution is 5.94. The standard InChI is InChI=1S/C21H24N2O/c1-15-7-6-12-23(13-15)14-20-16(2)24-21(22-20)19-11-5-9-17-8-3-4-10-18(17)19/h3-5,8-11,15H,6-7,12-14H2,1-2H3/t15-/m1/s1. The van der Waals surface area contributed by atoms with Crippen LogP contribution >= 0.6 is 0 Å². The van der Waals surface area contributed by atoms with Crippen LogP contribution in [-0.2, 0) is 6.54 Å². The fourth-order valence-corrected chi connectivity index (χ4v) is 3.74. The number of aromatic nitrogens is 1. The molecule has 2 heterocycles. The van der Waals surface area contributed by atoms with Gasteiger partial charge in [-0.15, -0.1) is 0 Å². The molecular weight excluding hydrogens is 296 g/mol. The van der Waals surface area contributed by atoms with Crippen molar-refractivity contribution in [2.45, 2.75) is 33.2 Å². The Hall–Kier alpha value is -2.13. The minimum atomic E-state index is 0.740. The van der Waals surface area contributed by atoms with Crippen LogP contribution in [0.5, 0.6) is 0 Å². The molecule has 0 unspecified atom stereocenters. The first-order valence-electron chi connectivity index (χ1n) is 8.87. The molecule has 0 saturated carbocycles. The van der Waals surface area contributed by atoms with Crippen LogP contribution < -0.4 is 0 Å². The second-order valence-electron chi connectivity index (χ2n) is 7.03. The molecule has 1 fully saturated rings. The summed E-state index contributed by atoms with van der Waals surface area (Å²) in [4.78, 5) is 7.35. The maximum atomic E-state index is 6.04. The molecule has 0 amide bonds. The smallest absolute Gasteiger partial charge is 0.227 e. The van der Waals surface area contributed by atoms with Crippen LogP contribution in [0, 0.1) is 12.8 Å². The summed E-state index contributed by atoms with van der Waals surface area (Å²) in [5.41, 5.74) is 2.15. The quantitative estimate of drug-likeness (QED) is 0.677. The SMILES string of the molecule is Cc1oc(-c2cccc3ccccc23)nc1CN1CCC[C@@H](C)C1. The topological polar surface area (TPSA) is 29.3 Å². The van der Waals surface area contributed by atoms with E-state index < -0.39 is 0 Å². The van der Waals surface area contributed by atoms with Gasteiger partial charge in [0.1, 0.15) is 5.76 Å². The third kappa shape index (κ3) is 2.96. The van der Waals surface area contributed by atoms with Crippen molar-refractivity contribution in [1.29, 1.82) is 0 Å². The van der Waals surface area contributed by atoms with Crippen molar-refractivity contribution in [2.24, 2.45) is 5.92 Å². The minimum absolute atomic E-state index is 0.740. The van der Waals surface area contributed by atoms with Gasteiger partial charge < -0.3 is 4.42 Å². The van der Waals surface area contributed by atoms with Crippen molar-refractivity contribution in [2.75, 3.05) is 13.1 Å². The van der Waals surface area contributed by atoms with E-state index in [2.05, 4.69) is 54.3 Å². The molecule has 24 heavy (non-hydrogen) atoms. The molecule has 1 aromatic heterocycles. The van der Waals surface area contributed by atoms with Crippen molar-refractivity contribution in [3.8, 4) is 11.5 Å². The number of fused-ring (bicyclic) bond motifs is 1. The van der Waals surface area contributed by atoms with E-state index >= 15 is 0 Å². The lowest BCUT2D eigenvalue weighted by Crippen LogP contribution is -2.34. The number of aryl methyl sites for hydroxylation is 1. The fraction of sp³-hybridized carbons (Fsp3) is 0.381. The van der Waals surface area contributed by atoms with Gasteiger partial charge in [-0.05, 0) is 49.1 Å². The van der Waals surface area contributed by atoms with Crippen LogP contribution in [0.3, 0.4) is 0 Å². The van der Waals surface area contributed by atoms with Crippen molar-refractivity contribution < 1.29 is 4.42 Å². The molecule has 0 bridgehead atoms. The predicted octanol–water partition coefficient (Wildman–Crippen LogP) is 5.04. The summed E-state index contributed by atoms with van der Waals surface area (Å²) in [5, 5.41) is 2.41. The first-order valence-corrected chi connectivity index (χ1v) is 8.87. The third-order valence-electron chi connectivity index (χ3n) is 5.03. The fourth-order valence-electron chi connectivity index (χ4n) is 3.74. The van der Waals surface area contributed by atoms with Gasteiger partial charge >= 0.3 is 0 Å². The molecule has 3 nitrogen and oxygen atoms in total. The van der Waals surface area contributed by atoms with Crippen molar-refractivity contribution >= 4 is 10.8 Å². The van der Waals surface area contributed by atoms with Gasteiger partial charge in [-0.3, -0.25) is 4.90 Å². The normalized spacial score (nSPS) is 19.0. The Morgan fingerprint density at radius 2 is 2.00 bits per heavy atom. The van der Waals surface area contributed by atoms with E-state index in [0.29, 0.717) is 0 Å². The van der Waals surface area contributed by atoms with Gasteiger partial charge in [-0.25, -0.2) is 4.98 Å². The van der Waals surface area contributed by atoms with E-state index in [1.54, 1.807) is 0 Å². The highest BCUT2D eigenvalue weighted by Gasteiger charge is 2.20. The summed E-state index contributed by atoms with van der Waals surface area (Å²) in [6.07, 6.45) is 2.63. The number of rotatable bonds is 3. The Labute approximate surface area is 143 Å². The largest absolute Gasteiger partial charge is 0.441 e. The molecule has 124 valence electrons. The Kier molecular flexibility index (Phi) is 4.11. The number of likely N-dealkylation sites (tertiary alicyclic amines) is 1. The van der Waals surface area contributed by atoms with Crippen LogP contribution in [0.4, 0.5) is 0 Å². The lowest BCUT2D eigenvalue weighted by Gasteiger charge is -2.30. The van der Waals surface area contributed by atoms with Crippen LogP contribution in [0.15, 0.2) is 46.9 Å². The molecule has 1 aliphatic rings. The number of hydrogen-bond acceptors (Lipinski definition) is 3. The van der Waals surface area contributed by atoms with Crippen LogP contribution in [0.25, 0.3) is 22.2 Å². The molecule has 2 aromatic carbocycles. The van der Waals surface area contributed by atoms with E-state index in [0.717, 1.165) is 41.9 Å². The highest BCUT2D eigenvalue weighted by Crippen LogP contribution is 2.30. The monoisotopic (exact) mass is 320 g/mol. The zero-order valence-corrected chi connectivity index (χ0v) is 14.5. The van der Waals surface area contributed by atoms with Gasteiger partial charge in [-0.1, -0.05) is 43.3 Å². The second-order valence-corrected chi connectivity index (χ2v) is 7.03. The van der Waals surface area contributed by atoms with Gasteiger partial charge in [0.05, 0.1) is 5.69 Å². The van der Waals surface area contributed by atoms with E-state index in [1.165, 1.54) is 30.2 Å². The Morgan fingerprint density at radius 1 is 1.17 bits per heavy atom. The summed E-state index contributed by atoms with van der Waals surface area (Å²) in [7, 11) is 0. The summed E-state index contributed by atoms with van der Waals surface area (Å²) in [6, 6.07) is 14.7. The first kappa shape index (κ1) is 15.4. The van der Waals surface area contributed by atoms with E-state index in [9.17, 15) is 0 Å². The second kappa shape index (κ2) is 6.40. The van der Waals surface area contributed by atoms with Gasteiger partial charge in [0.2, 0.25) is 5.89 Å². The molecule has 1 atom stereocenters. The zero-order chi connectivity index (χ0) is 16.5. The van der Waals surface area contributed by atoms with Crippen molar-refractivity contribution in [1.82, 2.24) is 9.88 Å². The number of benzene rings is 2. The molecular formula is C21H24N2O. The molecule has 3 aromatic rings. The highest BCUT2D eigenvalue weighted by atomic mass is 16.4. The molecule has 0 radical (unpaired) electrons. The van der Waals surface area contributed by atoms with Crippen LogP contribution in [-0.4, -0.2) is 23.0 Å². The summed E-state index contributed by atoms with van der Waals surface area (Å²) >= 11 is 0. The Balaban J connectivity index is 1.65. The number of piperidine rings is 1. The third-order valence-corrected chi connectivity index (χ3v) is 5.03. The molecule has 1 aliphatic heterocycles. The van der Waals surface area contributed by atoms with Crippen molar-refractivity contribution in [3.05, 3.63) is 53.9 Å². The molecule has 0 aliphatic carbocycles. The molecule has 3 heteroatoms. The Morgan fingerprint density at radius 3 is 2.88 bits per heavy atom. The van der Waals surface area contributed by atoms with Gasteiger partial charge in [0, 0.05) is 18.7 Å². The Bertz CT molecular complexity index is 847. The molecule has 4 rings (SSSR count). The average Bonchev–Trinajstić information content (AvgIpc) is 2.95. The maximum Gasteiger partial charge on any atom is 0.227 e. The summed E-state index contributed by atoms with van der Waals surface area (Å²) in [5.74, 6) is 2.46. The molecule has 1 saturated heterocycles. The maximum absolute atomic E-state index is 6.04. The summed E-state index contributed by atoms with van der Waals surface area (Å²) in [6.45, 7) is 7.59. The number of oxazole rings is 1. The lowest BCUT2D eigenvalue weighted by molar-refractivity contribution is 0.174. The van der Waals surface area contributed by atoms with E-state index in [4.69, 9.17) is 9.40 Å². The van der Waals surface area contributed by atoms with Crippen LogP contribution in [0.2, 0.25) is 0 Å². The predicted molar refractivity (Wildman–Crippen MR) is 97.9 cm³/mol.